The minimum atomic E-state index is -0.539. The normalized spacial score (nSPS) is 16.4. The van der Waals surface area contributed by atoms with Crippen LogP contribution in [0.5, 0.6) is 0 Å². The highest BCUT2D eigenvalue weighted by molar-refractivity contribution is 6.05. The monoisotopic (exact) mass is 456 g/mol. The van der Waals surface area contributed by atoms with Gasteiger partial charge >= 0.3 is 6.09 Å². The van der Waals surface area contributed by atoms with Gasteiger partial charge in [-0.05, 0) is 50.3 Å². The minimum Gasteiger partial charge on any atom is -0.444 e. The lowest BCUT2D eigenvalue weighted by atomic mass is 10.1. The fraction of sp³-hybridized carbons (Fsp3) is 0.524. The van der Waals surface area contributed by atoms with E-state index in [2.05, 4.69) is 25.6 Å². The quantitative estimate of drug-likeness (QED) is 0.587. The molecule has 0 saturated carbocycles. The van der Waals surface area contributed by atoms with Gasteiger partial charge in [-0.25, -0.2) is 14.4 Å². The summed E-state index contributed by atoms with van der Waals surface area (Å²) in [5.41, 5.74) is 7.18. The van der Waals surface area contributed by atoms with E-state index in [4.69, 9.17) is 15.1 Å². The van der Waals surface area contributed by atoms with E-state index < -0.39 is 5.60 Å². The number of nitrogens with two attached hydrogens (primary N) is 1. The van der Waals surface area contributed by atoms with E-state index in [0.717, 1.165) is 6.42 Å². The molecule has 3 aromatic rings. The molecule has 0 unspecified atom stereocenters. The molecule has 1 saturated heterocycles. The standard InChI is InChI=1S/C21H28N8O4/c1-5-29-16-13(9-23-10-14(16)25-18(29)15-17(22)27-33-26-15)19(30)24-8-12-6-7-28(11-12)20(31)32-21(2,3)4/h9-10,12H,5-8,11H2,1-4H3,(H2,22,27)(H,24,30)/t12-/m1/s1. The Hall–Kier alpha value is -3.70. The second kappa shape index (κ2) is 8.68. The molecular formula is C21H28N8O4. The van der Waals surface area contributed by atoms with Crippen molar-refractivity contribution in [3.05, 3.63) is 18.0 Å². The second-order valence-electron chi connectivity index (χ2n) is 9.02. The number of ether oxygens (including phenoxy) is 1. The van der Waals surface area contributed by atoms with Crippen LogP contribution in [0.1, 0.15) is 44.5 Å². The summed E-state index contributed by atoms with van der Waals surface area (Å²) in [6, 6.07) is 0. The van der Waals surface area contributed by atoms with Gasteiger partial charge in [-0.3, -0.25) is 9.78 Å². The molecule has 3 N–H and O–H groups in total. The Bertz CT molecular complexity index is 1180. The average molecular weight is 457 g/mol. The fourth-order valence-electron chi connectivity index (χ4n) is 3.92. The number of pyridine rings is 1. The number of nitrogens with one attached hydrogen (secondary N) is 1. The number of aromatic nitrogens is 5. The van der Waals surface area contributed by atoms with Crippen LogP contribution in [0.25, 0.3) is 22.6 Å². The van der Waals surface area contributed by atoms with E-state index in [1.165, 1.54) is 6.20 Å². The maximum absolute atomic E-state index is 13.1. The van der Waals surface area contributed by atoms with Gasteiger partial charge in [-0.15, -0.1) is 0 Å². The number of likely N-dealkylation sites (tertiary alicyclic amines) is 1. The molecule has 33 heavy (non-hydrogen) atoms. The number of nitrogen functional groups attached to an aromatic ring is 1. The smallest absolute Gasteiger partial charge is 0.410 e. The Morgan fingerprint density at radius 3 is 2.76 bits per heavy atom. The lowest BCUT2D eigenvalue weighted by Crippen LogP contribution is -2.36. The van der Waals surface area contributed by atoms with Gasteiger partial charge in [0.1, 0.15) is 11.1 Å². The van der Waals surface area contributed by atoms with Crippen molar-refractivity contribution in [1.82, 2.24) is 35.1 Å². The van der Waals surface area contributed by atoms with Gasteiger partial charge in [0.05, 0.1) is 17.3 Å². The number of imidazole rings is 1. The Morgan fingerprint density at radius 2 is 2.09 bits per heavy atom. The van der Waals surface area contributed by atoms with Gasteiger partial charge in [-0.2, -0.15) is 0 Å². The molecule has 1 atom stereocenters. The van der Waals surface area contributed by atoms with Crippen LogP contribution in [-0.2, 0) is 11.3 Å². The molecule has 176 valence electrons. The van der Waals surface area contributed by atoms with Crippen molar-refractivity contribution in [1.29, 1.82) is 0 Å². The number of fused-ring (bicyclic) bond motifs is 1. The van der Waals surface area contributed by atoms with Crippen LogP contribution < -0.4 is 11.1 Å². The molecule has 0 radical (unpaired) electrons. The molecule has 4 heterocycles. The first-order valence-electron chi connectivity index (χ1n) is 10.9. The topological polar surface area (TPSA) is 154 Å². The number of amides is 2. The van der Waals surface area contributed by atoms with Crippen molar-refractivity contribution in [2.75, 3.05) is 25.4 Å². The average Bonchev–Trinajstić information content (AvgIpc) is 3.48. The molecule has 0 spiro atoms. The third-order valence-corrected chi connectivity index (χ3v) is 5.43. The number of carbonyl (C=O) groups is 2. The number of aryl methyl sites for hydroxylation is 1. The lowest BCUT2D eigenvalue weighted by molar-refractivity contribution is 0.0288. The first-order chi connectivity index (χ1) is 15.7. The van der Waals surface area contributed by atoms with Gasteiger partial charge < -0.3 is 25.3 Å². The van der Waals surface area contributed by atoms with Crippen molar-refractivity contribution in [3.8, 4) is 11.5 Å². The third kappa shape index (κ3) is 4.59. The largest absolute Gasteiger partial charge is 0.444 e. The van der Waals surface area contributed by atoms with E-state index in [1.54, 1.807) is 11.1 Å². The SMILES string of the molecule is CCn1c(-c2nonc2N)nc2cncc(C(=O)NC[C@H]3CCN(C(=O)OC(C)(C)C)C3)c21. The number of hydrogen-bond donors (Lipinski definition) is 2. The Balaban J connectivity index is 1.49. The highest BCUT2D eigenvalue weighted by Crippen LogP contribution is 2.28. The van der Waals surface area contributed by atoms with Gasteiger partial charge in [-0.1, -0.05) is 0 Å². The Kier molecular flexibility index (Phi) is 5.91. The molecule has 12 heteroatoms. The van der Waals surface area contributed by atoms with Crippen molar-refractivity contribution in [2.45, 2.75) is 46.3 Å². The zero-order valence-corrected chi connectivity index (χ0v) is 19.2. The van der Waals surface area contributed by atoms with Crippen LogP contribution in [0, 0.1) is 5.92 Å². The highest BCUT2D eigenvalue weighted by atomic mass is 16.6. The van der Waals surface area contributed by atoms with E-state index in [-0.39, 0.29) is 23.7 Å². The fourth-order valence-corrected chi connectivity index (χ4v) is 3.92. The Morgan fingerprint density at radius 1 is 1.30 bits per heavy atom. The maximum Gasteiger partial charge on any atom is 0.410 e. The van der Waals surface area contributed by atoms with Crippen LogP contribution in [0.15, 0.2) is 17.0 Å². The summed E-state index contributed by atoms with van der Waals surface area (Å²) < 4.78 is 12.0. The van der Waals surface area contributed by atoms with E-state index in [9.17, 15) is 9.59 Å². The molecule has 12 nitrogen and oxygen atoms in total. The first-order valence-corrected chi connectivity index (χ1v) is 10.9. The highest BCUT2D eigenvalue weighted by Gasteiger charge is 2.30. The molecule has 1 aliphatic rings. The van der Waals surface area contributed by atoms with Crippen molar-refractivity contribution in [2.24, 2.45) is 5.92 Å². The second-order valence-corrected chi connectivity index (χ2v) is 9.02. The molecule has 4 rings (SSSR count). The van der Waals surface area contributed by atoms with E-state index in [1.807, 2.05) is 32.3 Å². The molecule has 2 amide bonds. The predicted molar refractivity (Wildman–Crippen MR) is 119 cm³/mol. The van der Waals surface area contributed by atoms with Crippen LogP contribution in [-0.4, -0.2) is 67.0 Å². The van der Waals surface area contributed by atoms with Gasteiger partial charge in [0.25, 0.3) is 5.91 Å². The molecule has 0 aliphatic carbocycles. The number of rotatable bonds is 5. The lowest BCUT2D eigenvalue weighted by Gasteiger charge is -2.24. The minimum absolute atomic E-state index is 0.120. The maximum atomic E-state index is 13.1. The van der Waals surface area contributed by atoms with Gasteiger partial charge in [0, 0.05) is 32.4 Å². The summed E-state index contributed by atoms with van der Waals surface area (Å²) in [7, 11) is 0. The molecule has 3 aromatic heterocycles. The summed E-state index contributed by atoms with van der Waals surface area (Å²) in [6.45, 7) is 9.55. The zero-order chi connectivity index (χ0) is 23.8. The number of nitrogens with zero attached hydrogens (tertiary/aromatic N) is 6. The summed E-state index contributed by atoms with van der Waals surface area (Å²) in [5.74, 6) is 0.448. The number of hydrogen-bond acceptors (Lipinski definition) is 9. The van der Waals surface area contributed by atoms with Crippen LogP contribution in [0.2, 0.25) is 0 Å². The van der Waals surface area contributed by atoms with Crippen molar-refractivity contribution < 1.29 is 19.0 Å². The van der Waals surface area contributed by atoms with Crippen molar-refractivity contribution >= 4 is 28.9 Å². The first kappa shape index (κ1) is 22.5. The molecule has 0 aromatic carbocycles. The van der Waals surface area contributed by atoms with Crippen LogP contribution >= 0.6 is 0 Å². The molecular weight excluding hydrogens is 428 g/mol. The van der Waals surface area contributed by atoms with Gasteiger partial charge in [0.2, 0.25) is 0 Å². The van der Waals surface area contributed by atoms with Gasteiger partial charge in [0.15, 0.2) is 17.3 Å². The summed E-state index contributed by atoms with van der Waals surface area (Å²) in [6.07, 6.45) is 3.56. The Labute approximate surface area is 190 Å². The van der Waals surface area contributed by atoms with Crippen LogP contribution in [0.3, 0.4) is 0 Å². The predicted octanol–water partition coefficient (Wildman–Crippen LogP) is 2.07. The van der Waals surface area contributed by atoms with E-state index in [0.29, 0.717) is 54.3 Å². The molecule has 0 bridgehead atoms. The summed E-state index contributed by atoms with van der Waals surface area (Å²) in [5, 5.41) is 10.4. The number of anilines is 1. The molecule has 1 fully saturated rings. The van der Waals surface area contributed by atoms with Crippen LogP contribution in [0.4, 0.5) is 10.6 Å². The summed E-state index contributed by atoms with van der Waals surface area (Å²) >= 11 is 0. The number of carbonyl (C=O) groups excluding carboxylic acids is 2. The molecule has 1 aliphatic heterocycles. The van der Waals surface area contributed by atoms with Crippen molar-refractivity contribution in [3.63, 3.8) is 0 Å². The third-order valence-electron chi connectivity index (χ3n) is 5.43. The van der Waals surface area contributed by atoms with E-state index >= 15 is 0 Å². The zero-order valence-electron chi connectivity index (χ0n) is 19.2. The summed E-state index contributed by atoms with van der Waals surface area (Å²) in [4.78, 5) is 35.8.